The van der Waals surface area contributed by atoms with Crippen molar-refractivity contribution in [3.8, 4) is 18.2 Å². The lowest BCUT2D eigenvalue weighted by Gasteiger charge is -2.53. The number of nitriles is 3. The summed E-state index contributed by atoms with van der Waals surface area (Å²) < 4.78 is 0. The van der Waals surface area contributed by atoms with Crippen molar-refractivity contribution in [1.82, 2.24) is 0 Å². The van der Waals surface area contributed by atoms with Gasteiger partial charge in [-0.3, -0.25) is 4.79 Å². The van der Waals surface area contributed by atoms with E-state index in [1.165, 1.54) is 4.90 Å². The topological polar surface area (TPSA) is 116 Å². The lowest BCUT2D eigenvalue weighted by molar-refractivity contribution is -0.127. The van der Waals surface area contributed by atoms with E-state index >= 15 is 0 Å². The van der Waals surface area contributed by atoms with Crippen LogP contribution in [0.2, 0.25) is 0 Å². The molecule has 1 heterocycles. The van der Waals surface area contributed by atoms with E-state index in [0.29, 0.717) is 23.2 Å². The van der Waals surface area contributed by atoms with E-state index in [1.807, 2.05) is 18.2 Å². The van der Waals surface area contributed by atoms with E-state index in [2.05, 4.69) is 39.0 Å². The maximum absolute atomic E-state index is 14.0. The Bertz CT molecular complexity index is 1140. The quantitative estimate of drug-likeness (QED) is 0.647. The van der Waals surface area contributed by atoms with E-state index < -0.39 is 22.7 Å². The van der Waals surface area contributed by atoms with Gasteiger partial charge in [0.2, 0.25) is 11.3 Å². The van der Waals surface area contributed by atoms with Crippen molar-refractivity contribution in [2.75, 3.05) is 11.9 Å². The SMILES string of the molecule is CN1C(=O)[C@@]2(c3ccccc31)[C@@H]1C[C@@H](C(C)(C)C)CC=C1C(C#N)C(=N)C2(C#N)C#N. The van der Waals surface area contributed by atoms with Crippen molar-refractivity contribution >= 4 is 17.3 Å². The average Bonchev–Trinajstić information content (AvgIpc) is 2.98. The van der Waals surface area contributed by atoms with Crippen LogP contribution < -0.4 is 4.90 Å². The molecule has 0 saturated heterocycles. The van der Waals surface area contributed by atoms with Crippen molar-refractivity contribution in [3.05, 3.63) is 41.5 Å². The van der Waals surface area contributed by atoms with Crippen LogP contribution in [-0.2, 0) is 10.2 Å². The zero-order valence-corrected chi connectivity index (χ0v) is 18.2. The molecule has 6 heteroatoms. The summed E-state index contributed by atoms with van der Waals surface area (Å²) in [6, 6.07) is 13.6. The van der Waals surface area contributed by atoms with E-state index in [1.54, 1.807) is 19.2 Å². The Morgan fingerprint density at radius 2 is 1.81 bits per heavy atom. The van der Waals surface area contributed by atoms with Gasteiger partial charge in [0.05, 0.1) is 23.9 Å². The van der Waals surface area contributed by atoms with Gasteiger partial charge in [0.1, 0.15) is 11.3 Å². The summed E-state index contributed by atoms with van der Waals surface area (Å²) in [4.78, 5) is 15.6. The van der Waals surface area contributed by atoms with Crippen LogP contribution in [0.5, 0.6) is 0 Å². The fourth-order valence-electron chi connectivity index (χ4n) is 6.00. The van der Waals surface area contributed by atoms with Gasteiger partial charge in [-0.15, -0.1) is 0 Å². The fourth-order valence-corrected chi connectivity index (χ4v) is 6.00. The lowest BCUT2D eigenvalue weighted by Crippen LogP contribution is -2.65. The summed E-state index contributed by atoms with van der Waals surface area (Å²) in [6.07, 6.45) is 3.33. The number of carbonyl (C=O) groups excluding carboxylic acids is 1. The first-order chi connectivity index (χ1) is 14.6. The number of amides is 1. The van der Waals surface area contributed by atoms with Gasteiger partial charge in [0.15, 0.2) is 0 Å². The van der Waals surface area contributed by atoms with E-state index in [9.17, 15) is 20.6 Å². The molecule has 2 aliphatic carbocycles. The zero-order chi connectivity index (χ0) is 22.8. The van der Waals surface area contributed by atoms with Crippen LogP contribution in [0.15, 0.2) is 35.9 Å². The minimum absolute atomic E-state index is 0.0503. The summed E-state index contributed by atoms with van der Waals surface area (Å²) in [6.45, 7) is 6.44. The molecule has 0 bridgehead atoms. The predicted octanol–water partition coefficient (Wildman–Crippen LogP) is 4.11. The van der Waals surface area contributed by atoms with Crippen molar-refractivity contribution in [2.45, 2.75) is 39.0 Å². The van der Waals surface area contributed by atoms with Crippen molar-refractivity contribution in [2.24, 2.45) is 28.6 Å². The number of anilines is 1. The molecule has 1 fully saturated rings. The highest BCUT2D eigenvalue weighted by molar-refractivity contribution is 6.16. The molecule has 3 aliphatic rings. The van der Waals surface area contributed by atoms with Crippen molar-refractivity contribution < 1.29 is 4.79 Å². The number of carbonyl (C=O) groups is 1. The Morgan fingerprint density at radius 1 is 1.16 bits per heavy atom. The minimum atomic E-state index is -2.05. The molecule has 4 atom stereocenters. The number of hydrogen-bond donors (Lipinski definition) is 1. The smallest absolute Gasteiger partial charge is 0.241 e. The second-order valence-electron chi connectivity index (χ2n) is 9.93. The van der Waals surface area contributed by atoms with Gasteiger partial charge in [-0.05, 0) is 41.4 Å². The van der Waals surface area contributed by atoms with Gasteiger partial charge in [-0.2, -0.15) is 15.8 Å². The molecule has 1 aromatic carbocycles. The first kappa shape index (κ1) is 20.8. The number of nitrogens with one attached hydrogen (secondary N) is 1. The summed E-state index contributed by atoms with van der Waals surface area (Å²) in [5, 5.41) is 39.6. The molecule has 1 aromatic rings. The van der Waals surface area contributed by atoms with Gasteiger partial charge < -0.3 is 10.3 Å². The number of benzene rings is 1. The summed E-state index contributed by atoms with van der Waals surface area (Å²) >= 11 is 0. The monoisotopic (exact) mass is 411 g/mol. The molecule has 1 amide bonds. The third-order valence-electron chi connectivity index (χ3n) is 7.72. The molecular formula is C25H25N5O. The molecule has 1 unspecified atom stereocenters. The number of allylic oxidation sites excluding steroid dienone is 2. The highest BCUT2D eigenvalue weighted by atomic mass is 16.2. The Balaban J connectivity index is 2.13. The second kappa shape index (κ2) is 6.53. The zero-order valence-electron chi connectivity index (χ0n) is 18.2. The van der Waals surface area contributed by atoms with Gasteiger partial charge in [0.25, 0.3) is 0 Å². The Morgan fingerprint density at radius 3 is 2.39 bits per heavy atom. The van der Waals surface area contributed by atoms with Crippen molar-refractivity contribution in [3.63, 3.8) is 0 Å². The average molecular weight is 412 g/mol. The maximum atomic E-state index is 14.0. The highest BCUT2D eigenvalue weighted by Gasteiger charge is 2.74. The molecule has 1 spiro atoms. The number of likely N-dealkylation sites (N-methyl/N-ethyl adjacent to an activating group) is 1. The fraction of sp³-hybridized carbons (Fsp3) is 0.480. The molecule has 0 radical (unpaired) electrons. The maximum Gasteiger partial charge on any atom is 0.241 e. The van der Waals surface area contributed by atoms with E-state index in [4.69, 9.17) is 5.41 Å². The number of hydrogen-bond acceptors (Lipinski definition) is 5. The van der Waals surface area contributed by atoms with E-state index in [-0.39, 0.29) is 23.0 Å². The predicted molar refractivity (Wildman–Crippen MR) is 116 cm³/mol. The van der Waals surface area contributed by atoms with Crippen LogP contribution in [0.1, 0.15) is 39.2 Å². The Labute approximate surface area is 182 Å². The third-order valence-corrected chi connectivity index (χ3v) is 7.72. The number of nitrogens with zero attached hydrogens (tertiary/aromatic N) is 4. The Hall–Kier alpha value is -3.43. The normalized spacial score (nSPS) is 31.2. The van der Waals surface area contributed by atoms with Crippen LogP contribution in [-0.4, -0.2) is 18.7 Å². The van der Waals surface area contributed by atoms with Crippen LogP contribution >= 0.6 is 0 Å². The van der Waals surface area contributed by atoms with Crippen LogP contribution in [0.25, 0.3) is 0 Å². The minimum Gasteiger partial charge on any atom is -0.314 e. The number of rotatable bonds is 0. The van der Waals surface area contributed by atoms with Gasteiger partial charge in [-0.1, -0.05) is 45.0 Å². The van der Waals surface area contributed by atoms with Gasteiger partial charge in [-0.25, -0.2) is 0 Å². The largest absolute Gasteiger partial charge is 0.314 e. The number of fused-ring (bicyclic) bond motifs is 4. The number of para-hydroxylation sites is 1. The molecule has 4 rings (SSSR count). The lowest BCUT2D eigenvalue weighted by atomic mass is 9.43. The third kappa shape index (κ3) is 2.30. The summed E-state index contributed by atoms with van der Waals surface area (Å²) in [5.41, 5.74) is -1.94. The summed E-state index contributed by atoms with van der Waals surface area (Å²) in [7, 11) is 1.66. The Kier molecular flexibility index (Phi) is 4.39. The summed E-state index contributed by atoms with van der Waals surface area (Å²) in [5.74, 6) is -1.60. The van der Waals surface area contributed by atoms with Crippen LogP contribution in [0, 0.1) is 68.0 Å². The molecule has 1 aliphatic heterocycles. The second-order valence-corrected chi connectivity index (χ2v) is 9.93. The molecule has 0 aromatic heterocycles. The molecule has 1 N–H and O–H groups in total. The van der Waals surface area contributed by atoms with E-state index in [0.717, 1.165) is 6.42 Å². The molecular weight excluding hydrogens is 386 g/mol. The van der Waals surface area contributed by atoms with Gasteiger partial charge >= 0.3 is 0 Å². The first-order valence-electron chi connectivity index (χ1n) is 10.5. The molecule has 6 nitrogen and oxygen atoms in total. The molecule has 156 valence electrons. The highest BCUT2D eigenvalue weighted by Crippen LogP contribution is 2.65. The first-order valence-corrected chi connectivity index (χ1v) is 10.5. The molecule has 1 saturated carbocycles. The van der Waals surface area contributed by atoms with Crippen LogP contribution in [0.3, 0.4) is 0 Å². The van der Waals surface area contributed by atoms with Crippen LogP contribution in [0.4, 0.5) is 5.69 Å². The molecule has 31 heavy (non-hydrogen) atoms. The van der Waals surface area contributed by atoms with Gasteiger partial charge in [0, 0.05) is 18.7 Å². The van der Waals surface area contributed by atoms with Crippen molar-refractivity contribution in [1.29, 1.82) is 21.2 Å². The standard InChI is InChI=1S/C25H25N5O/c1-23(2,3)15-9-10-16-17(12-26)21(29)24(13-27,14-28)25(19(16)11-15)18-7-5-6-8-20(18)30(4)22(25)31/h5-8,10,15,17,19,29H,9,11H2,1-4H3/t15-,17?,19+,25+/m0/s1.